The monoisotopic (exact) mass is 396 g/mol. The van der Waals surface area contributed by atoms with Crippen molar-refractivity contribution < 1.29 is 0 Å². The summed E-state index contributed by atoms with van der Waals surface area (Å²) in [5.41, 5.74) is 7.86. The lowest BCUT2D eigenvalue weighted by Crippen LogP contribution is -2.39. The van der Waals surface area contributed by atoms with E-state index in [0.717, 1.165) is 71.0 Å². The Labute approximate surface area is 174 Å². The number of hydrogen-bond donors (Lipinski definition) is 4. The Hall–Kier alpha value is -3.48. The highest BCUT2D eigenvalue weighted by Crippen LogP contribution is 2.17. The van der Waals surface area contributed by atoms with Crippen LogP contribution in [0.3, 0.4) is 0 Å². The van der Waals surface area contributed by atoms with Gasteiger partial charge >= 0.3 is 0 Å². The van der Waals surface area contributed by atoms with Crippen LogP contribution in [0.5, 0.6) is 0 Å². The summed E-state index contributed by atoms with van der Waals surface area (Å²) in [6.07, 6.45) is 8.05. The van der Waals surface area contributed by atoms with Crippen molar-refractivity contribution in [3.8, 4) is 0 Å². The van der Waals surface area contributed by atoms with Gasteiger partial charge in [0.05, 0.1) is 22.8 Å². The van der Waals surface area contributed by atoms with Crippen LogP contribution in [0.4, 0.5) is 0 Å². The number of nitrogens with one attached hydrogen (secondary N) is 4. The topological polar surface area (TPSA) is 81.4 Å². The van der Waals surface area contributed by atoms with Crippen molar-refractivity contribution in [3.63, 3.8) is 0 Å². The molecule has 6 heterocycles. The van der Waals surface area contributed by atoms with Gasteiger partial charge in [-0.05, 0) is 72.8 Å². The van der Waals surface area contributed by atoms with Crippen molar-refractivity contribution in [2.24, 2.45) is 0 Å². The molecule has 4 N–H and O–H groups in total. The van der Waals surface area contributed by atoms with Gasteiger partial charge in [-0.2, -0.15) is 0 Å². The molecular formula is C24H24N6. The minimum Gasteiger partial charge on any atom is -0.355 e. The molecule has 3 aromatic rings. The van der Waals surface area contributed by atoms with E-state index in [-0.39, 0.29) is 0 Å². The molecule has 6 nitrogen and oxygen atoms in total. The zero-order valence-corrected chi connectivity index (χ0v) is 16.7. The summed E-state index contributed by atoms with van der Waals surface area (Å²) in [6.45, 7) is 4.56. The molecule has 0 amide bonds. The van der Waals surface area contributed by atoms with Crippen LogP contribution in [0.15, 0.2) is 48.5 Å². The summed E-state index contributed by atoms with van der Waals surface area (Å²) >= 11 is 0. The molecule has 1 fully saturated rings. The van der Waals surface area contributed by atoms with Crippen LogP contribution < -0.4 is 10.6 Å². The van der Waals surface area contributed by atoms with Crippen LogP contribution in [0, 0.1) is 0 Å². The Bertz CT molecular complexity index is 1160. The maximum atomic E-state index is 4.62. The summed E-state index contributed by atoms with van der Waals surface area (Å²) in [5.74, 6) is 0. The molecule has 0 unspecified atom stereocenters. The van der Waals surface area contributed by atoms with Gasteiger partial charge in [-0.3, -0.25) is 0 Å². The predicted molar refractivity (Wildman–Crippen MR) is 125 cm³/mol. The first-order valence-corrected chi connectivity index (χ1v) is 10.3. The molecule has 6 rings (SSSR count). The summed E-state index contributed by atoms with van der Waals surface area (Å²) in [4.78, 5) is 16.0. The molecule has 30 heavy (non-hydrogen) atoms. The smallest absolute Gasteiger partial charge is 0.0659 e. The van der Waals surface area contributed by atoms with E-state index in [2.05, 4.69) is 60.9 Å². The molecule has 8 bridgehead atoms. The number of fused-ring (bicyclic) bond motifs is 8. The molecule has 0 saturated carbocycles. The van der Waals surface area contributed by atoms with Crippen molar-refractivity contribution in [1.29, 1.82) is 0 Å². The average Bonchev–Trinajstić information content (AvgIpc) is 3.56. The Morgan fingerprint density at radius 2 is 0.833 bits per heavy atom. The van der Waals surface area contributed by atoms with Crippen molar-refractivity contribution in [3.05, 3.63) is 71.3 Å². The number of rotatable bonds is 0. The van der Waals surface area contributed by atoms with Crippen molar-refractivity contribution in [1.82, 2.24) is 30.6 Å². The summed E-state index contributed by atoms with van der Waals surface area (Å²) in [7, 11) is 0. The molecule has 0 spiro atoms. The van der Waals surface area contributed by atoms with Crippen molar-refractivity contribution >= 4 is 46.4 Å². The number of nitrogens with zero attached hydrogens (tertiary/aromatic N) is 2. The first-order valence-electron chi connectivity index (χ1n) is 10.3. The summed E-state index contributed by atoms with van der Waals surface area (Å²) in [6, 6.07) is 16.4. The largest absolute Gasteiger partial charge is 0.355 e. The molecule has 0 atom stereocenters. The molecule has 1 saturated heterocycles. The standard InChI is InChI=1S/C20H14N4.C4H10N2/c1-2-14-10-16-5-6-18(23-16)12-20-8-7-19(24-20)11-17-4-3-15(22-17)9-13(1)21-14;1-2-6-4-3-5-1/h1-12,21-22H;5-6H,1-4H2. The van der Waals surface area contributed by atoms with Gasteiger partial charge in [-0.15, -0.1) is 0 Å². The molecule has 3 aliphatic heterocycles. The van der Waals surface area contributed by atoms with Gasteiger partial charge in [-0.1, -0.05) is 0 Å². The van der Waals surface area contributed by atoms with Crippen molar-refractivity contribution in [2.45, 2.75) is 0 Å². The van der Waals surface area contributed by atoms with Crippen LogP contribution in [0.2, 0.25) is 0 Å². The van der Waals surface area contributed by atoms with Crippen LogP contribution >= 0.6 is 0 Å². The van der Waals surface area contributed by atoms with E-state index in [1.165, 1.54) is 0 Å². The molecule has 0 aliphatic carbocycles. The van der Waals surface area contributed by atoms with Gasteiger partial charge in [0.1, 0.15) is 0 Å². The van der Waals surface area contributed by atoms with E-state index in [1.807, 2.05) is 42.5 Å². The number of hydrogen-bond acceptors (Lipinski definition) is 4. The van der Waals surface area contributed by atoms with Gasteiger partial charge in [-0.25, -0.2) is 9.97 Å². The third-order valence-electron chi connectivity index (χ3n) is 5.00. The van der Waals surface area contributed by atoms with E-state index >= 15 is 0 Å². The average molecular weight is 396 g/mol. The number of H-pyrrole nitrogens is 2. The molecule has 6 heteroatoms. The van der Waals surface area contributed by atoms with Gasteiger partial charge in [0.2, 0.25) is 0 Å². The minimum atomic E-state index is 0.915. The van der Waals surface area contributed by atoms with Crippen LogP contribution in [0.25, 0.3) is 46.4 Å². The molecule has 3 aromatic heterocycles. The maximum Gasteiger partial charge on any atom is 0.0659 e. The lowest BCUT2D eigenvalue weighted by molar-refractivity contribution is 0.534. The van der Waals surface area contributed by atoms with Gasteiger partial charge in [0.15, 0.2) is 0 Å². The second-order valence-electron chi connectivity index (χ2n) is 7.41. The van der Waals surface area contributed by atoms with Gasteiger partial charge < -0.3 is 20.6 Å². The number of aromatic nitrogens is 4. The van der Waals surface area contributed by atoms with Crippen LogP contribution in [0.1, 0.15) is 22.8 Å². The second-order valence-corrected chi connectivity index (χ2v) is 7.41. The molecule has 0 aromatic carbocycles. The maximum absolute atomic E-state index is 4.62. The van der Waals surface area contributed by atoms with Crippen LogP contribution in [-0.2, 0) is 0 Å². The SMILES string of the molecule is C1=Cc2cc3ccc(cc4ccc(cc5nc(cc1n2)C=C5)[nH]4)[nH]3.C1CNCCN1. The third-order valence-corrected chi connectivity index (χ3v) is 5.00. The fourth-order valence-corrected chi connectivity index (χ4v) is 3.55. The Morgan fingerprint density at radius 3 is 1.23 bits per heavy atom. The fraction of sp³-hybridized carbons (Fsp3) is 0.167. The quantitative estimate of drug-likeness (QED) is 0.321. The van der Waals surface area contributed by atoms with E-state index in [0.29, 0.717) is 0 Å². The Balaban J connectivity index is 0.000000279. The summed E-state index contributed by atoms with van der Waals surface area (Å²) in [5, 5.41) is 6.44. The first-order chi connectivity index (χ1) is 14.8. The normalized spacial score (nSPS) is 14.9. The van der Waals surface area contributed by atoms with E-state index in [9.17, 15) is 0 Å². The molecule has 3 aliphatic rings. The fourth-order valence-electron chi connectivity index (χ4n) is 3.55. The minimum absolute atomic E-state index is 0.915. The Kier molecular flexibility index (Phi) is 5.25. The second kappa shape index (κ2) is 8.49. The van der Waals surface area contributed by atoms with Crippen LogP contribution in [-0.4, -0.2) is 46.1 Å². The Morgan fingerprint density at radius 1 is 0.467 bits per heavy atom. The number of aromatic amines is 2. The highest BCUT2D eigenvalue weighted by atomic mass is 15.0. The molecular weight excluding hydrogens is 372 g/mol. The lowest BCUT2D eigenvalue weighted by Gasteiger charge is -2.11. The van der Waals surface area contributed by atoms with Gasteiger partial charge in [0.25, 0.3) is 0 Å². The zero-order chi connectivity index (χ0) is 20.2. The number of piperazine rings is 1. The molecule has 150 valence electrons. The third kappa shape index (κ3) is 4.56. The van der Waals surface area contributed by atoms with Gasteiger partial charge in [0, 0.05) is 48.2 Å². The molecule has 0 radical (unpaired) electrons. The van der Waals surface area contributed by atoms with E-state index < -0.39 is 0 Å². The highest BCUT2D eigenvalue weighted by Gasteiger charge is 2.02. The zero-order valence-electron chi connectivity index (χ0n) is 16.7. The highest BCUT2D eigenvalue weighted by molar-refractivity contribution is 5.77. The lowest BCUT2D eigenvalue weighted by atomic mass is 10.3. The van der Waals surface area contributed by atoms with E-state index in [1.54, 1.807) is 0 Å². The predicted octanol–water partition coefficient (Wildman–Crippen LogP) is 3.83. The summed E-state index contributed by atoms with van der Waals surface area (Å²) < 4.78 is 0. The van der Waals surface area contributed by atoms with Crippen molar-refractivity contribution in [2.75, 3.05) is 26.2 Å². The van der Waals surface area contributed by atoms with E-state index in [4.69, 9.17) is 0 Å². The first kappa shape index (κ1) is 18.5.